The standard InChI is InChI=1S/C22H22F2N2O6/c1-3-31-20(28)11-6-14-4-8-16(9-5-14)26-19(27)13-25-21(29)15-7-10-17(32-22(23)24)18(12-15)30-2/h4-12,22H,3,13H2,1-2H3,(H,25,29)(H,26,27)/b11-6+. The lowest BCUT2D eigenvalue weighted by Crippen LogP contribution is -2.32. The number of methoxy groups -OCH3 is 1. The number of carbonyl (C=O) groups excluding carboxylic acids is 3. The molecule has 32 heavy (non-hydrogen) atoms. The number of amides is 2. The molecule has 2 aromatic rings. The van der Waals surface area contributed by atoms with Gasteiger partial charge in [-0.05, 0) is 48.9 Å². The molecule has 0 aliphatic carbocycles. The van der Waals surface area contributed by atoms with Gasteiger partial charge in [0, 0.05) is 17.3 Å². The van der Waals surface area contributed by atoms with Gasteiger partial charge in [0.25, 0.3) is 5.91 Å². The molecule has 0 bridgehead atoms. The van der Waals surface area contributed by atoms with Gasteiger partial charge in [0.05, 0.1) is 20.3 Å². The third kappa shape index (κ3) is 7.71. The highest BCUT2D eigenvalue weighted by molar-refractivity contribution is 5.99. The van der Waals surface area contributed by atoms with E-state index in [1.165, 1.54) is 31.4 Å². The minimum Gasteiger partial charge on any atom is -0.493 e. The average molecular weight is 448 g/mol. The Morgan fingerprint density at radius 3 is 2.41 bits per heavy atom. The predicted molar refractivity (Wildman–Crippen MR) is 113 cm³/mol. The smallest absolute Gasteiger partial charge is 0.387 e. The third-order valence-electron chi connectivity index (χ3n) is 3.94. The maximum atomic E-state index is 12.4. The number of benzene rings is 2. The Morgan fingerprint density at radius 1 is 1.06 bits per heavy atom. The van der Waals surface area contributed by atoms with Gasteiger partial charge in [0.1, 0.15) is 0 Å². The molecule has 0 heterocycles. The first kappa shape index (κ1) is 24.3. The molecular weight excluding hydrogens is 426 g/mol. The first-order chi connectivity index (χ1) is 15.3. The van der Waals surface area contributed by atoms with Crippen LogP contribution in [0, 0.1) is 0 Å². The van der Waals surface area contributed by atoms with Crippen molar-refractivity contribution in [3.8, 4) is 11.5 Å². The number of rotatable bonds is 10. The summed E-state index contributed by atoms with van der Waals surface area (Å²) in [5.41, 5.74) is 1.33. The molecule has 10 heteroatoms. The summed E-state index contributed by atoms with van der Waals surface area (Å²) in [4.78, 5) is 35.6. The molecular formula is C22H22F2N2O6. The van der Waals surface area contributed by atoms with Crippen LogP contribution < -0.4 is 20.1 Å². The number of hydrogen-bond acceptors (Lipinski definition) is 6. The number of halogens is 2. The van der Waals surface area contributed by atoms with Crippen molar-refractivity contribution in [3.63, 3.8) is 0 Å². The Morgan fingerprint density at radius 2 is 1.78 bits per heavy atom. The lowest BCUT2D eigenvalue weighted by molar-refractivity contribution is -0.137. The molecule has 0 saturated heterocycles. The van der Waals surface area contributed by atoms with E-state index in [-0.39, 0.29) is 30.2 Å². The van der Waals surface area contributed by atoms with Crippen molar-refractivity contribution in [2.24, 2.45) is 0 Å². The number of anilines is 1. The second kappa shape index (κ2) is 12.0. The SMILES string of the molecule is CCOC(=O)/C=C/c1ccc(NC(=O)CNC(=O)c2ccc(OC(F)F)c(OC)c2)cc1. The lowest BCUT2D eigenvalue weighted by atomic mass is 10.2. The second-order valence-corrected chi connectivity index (χ2v) is 6.18. The number of alkyl halides is 2. The van der Waals surface area contributed by atoms with Gasteiger partial charge < -0.3 is 24.8 Å². The van der Waals surface area contributed by atoms with Gasteiger partial charge in [0.2, 0.25) is 5.91 Å². The Labute approximate surface area is 183 Å². The minimum atomic E-state index is -3.03. The molecule has 2 rings (SSSR count). The zero-order valence-electron chi connectivity index (χ0n) is 17.4. The maximum absolute atomic E-state index is 12.4. The van der Waals surface area contributed by atoms with Crippen LogP contribution >= 0.6 is 0 Å². The van der Waals surface area contributed by atoms with Crippen LogP contribution in [0.5, 0.6) is 11.5 Å². The van der Waals surface area contributed by atoms with Gasteiger partial charge in [-0.1, -0.05) is 12.1 Å². The first-order valence-corrected chi connectivity index (χ1v) is 9.48. The summed E-state index contributed by atoms with van der Waals surface area (Å²) >= 11 is 0. The molecule has 0 saturated carbocycles. The van der Waals surface area contributed by atoms with Crippen molar-refractivity contribution in [2.75, 3.05) is 25.6 Å². The summed E-state index contributed by atoms with van der Waals surface area (Å²) in [6, 6.07) is 10.3. The highest BCUT2D eigenvalue weighted by Crippen LogP contribution is 2.29. The molecule has 2 N–H and O–H groups in total. The van der Waals surface area contributed by atoms with Crippen LogP contribution in [0.1, 0.15) is 22.8 Å². The van der Waals surface area contributed by atoms with Crippen LogP contribution in [-0.2, 0) is 14.3 Å². The zero-order chi connectivity index (χ0) is 23.5. The molecule has 0 atom stereocenters. The number of ether oxygens (including phenoxy) is 3. The third-order valence-corrected chi connectivity index (χ3v) is 3.94. The molecule has 2 amide bonds. The molecule has 170 valence electrons. The van der Waals surface area contributed by atoms with Gasteiger partial charge in [-0.3, -0.25) is 9.59 Å². The predicted octanol–water partition coefficient (Wildman–Crippen LogP) is 3.24. The van der Waals surface area contributed by atoms with Gasteiger partial charge in [-0.25, -0.2) is 4.79 Å². The van der Waals surface area contributed by atoms with Crippen LogP contribution in [0.3, 0.4) is 0 Å². The van der Waals surface area contributed by atoms with Gasteiger partial charge in [-0.15, -0.1) is 0 Å². The molecule has 0 radical (unpaired) electrons. The van der Waals surface area contributed by atoms with E-state index in [0.717, 1.165) is 5.56 Å². The maximum Gasteiger partial charge on any atom is 0.387 e. The van der Waals surface area contributed by atoms with Gasteiger partial charge in [0.15, 0.2) is 11.5 Å². The number of nitrogens with one attached hydrogen (secondary N) is 2. The summed E-state index contributed by atoms with van der Waals surface area (Å²) in [6.45, 7) is -1.35. The fraction of sp³-hybridized carbons (Fsp3) is 0.227. The van der Waals surface area contributed by atoms with E-state index in [4.69, 9.17) is 9.47 Å². The van der Waals surface area contributed by atoms with Crippen LogP contribution in [0.25, 0.3) is 6.08 Å². The molecule has 8 nitrogen and oxygen atoms in total. The van der Waals surface area contributed by atoms with E-state index < -0.39 is 24.4 Å². The highest BCUT2D eigenvalue weighted by Gasteiger charge is 2.15. The van der Waals surface area contributed by atoms with E-state index in [9.17, 15) is 23.2 Å². The zero-order valence-corrected chi connectivity index (χ0v) is 17.4. The van der Waals surface area contributed by atoms with Crippen molar-refractivity contribution in [3.05, 3.63) is 59.7 Å². The van der Waals surface area contributed by atoms with Crippen LogP contribution in [0.15, 0.2) is 48.5 Å². The molecule has 0 unspecified atom stereocenters. The molecule has 0 aliphatic rings. The Kier molecular flexibility index (Phi) is 9.15. The van der Waals surface area contributed by atoms with E-state index in [1.54, 1.807) is 37.3 Å². The fourth-order valence-electron chi connectivity index (χ4n) is 2.50. The van der Waals surface area contributed by atoms with E-state index in [0.29, 0.717) is 5.69 Å². The first-order valence-electron chi connectivity index (χ1n) is 9.48. The fourth-order valence-corrected chi connectivity index (χ4v) is 2.50. The molecule has 0 fully saturated rings. The van der Waals surface area contributed by atoms with E-state index in [2.05, 4.69) is 15.4 Å². The van der Waals surface area contributed by atoms with Gasteiger partial charge >= 0.3 is 12.6 Å². The summed E-state index contributed by atoms with van der Waals surface area (Å²) < 4.78 is 38.8. The topological polar surface area (TPSA) is 103 Å². The van der Waals surface area contributed by atoms with Crippen molar-refractivity contribution < 1.29 is 37.4 Å². The Balaban J connectivity index is 1.88. The van der Waals surface area contributed by atoms with Crippen molar-refractivity contribution in [2.45, 2.75) is 13.5 Å². The average Bonchev–Trinajstić information content (AvgIpc) is 2.77. The quantitative estimate of drug-likeness (QED) is 0.427. The van der Waals surface area contributed by atoms with E-state index in [1.807, 2.05) is 0 Å². The van der Waals surface area contributed by atoms with Crippen molar-refractivity contribution in [1.82, 2.24) is 5.32 Å². The van der Waals surface area contributed by atoms with Crippen LogP contribution in [0.2, 0.25) is 0 Å². The van der Waals surface area contributed by atoms with E-state index >= 15 is 0 Å². The normalized spacial score (nSPS) is 10.7. The van der Waals surface area contributed by atoms with Crippen LogP contribution in [0.4, 0.5) is 14.5 Å². The van der Waals surface area contributed by atoms with Gasteiger partial charge in [-0.2, -0.15) is 8.78 Å². The molecule has 0 aromatic heterocycles. The minimum absolute atomic E-state index is 0.0421. The summed E-state index contributed by atoms with van der Waals surface area (Å²) in [5, 5.41) is 5.05. The van der Waals surface area contributed by atoms with Crippen molar-refractivity contribution in [1.29, 1.82) is 0 Å². The second-order valence-electron chi connectivity index (χ2n) is 6.18. The largest absolute Gasteiger partial charge is 0.493 e. The van der Waals surface area contributed by atoms with Crippen molar-refractivity contribution >= 4 is 29.5 Å². The van der Waals surface area contributed by atoms with Crippen LogP contribution in [-0.4, -0.2) is 44.7 Å². The molecule has 0 aliphatic heterocycles. The summed E-state index contributed by atoms with van der Waals surface area (Å²) in [7, 11) is 1.25. The molecule has 2 aromatic carbocycles. The Bertz CT molecular complexity index is 977. The lowest BCUT2D eigenvalue weighted by Gasteiger charge is -2.11. The molecule has 0 spiro atoms. The monoisotopic (exact) mass is 448 g/mol. The summed E-state index contributed by atoms with van der Waals surface area (Å²) in [5.74, 6) is -1.77. The highest BCUT2D eigenvalue weighted by atomic mass is 19.3. The summed E-state index contributed by atoms with van der Waals surface area (Å²) in [6.07, 6.45) is 2.88. The number of hydrogen-bond donors (Lipinski definition) is 2. The number of carbonyl (C=O) groups is 3. The number of esters is 1. The Hall–Kier alpha value is -3.95.